The van der Waals surface area contributed by atoms with Crippen molar-refractivity contribution < 1.29 is 36.3 Å². The number of halogens is 3. The van der Waals surface area contributed by atoms with Gasteiger partial charge in [0.15, 0.2) is 0 Å². The van der Waals surface area contributed by atoms with Crippen molar-refractivity contribution in [3.8, 4) is 0 Å². The molecular formula is C29H31F3N4O5S. The van der Waals surface area contributed by atoms with Crippen molar-refractivity contribution in [1.82, 2.24) is 14.6 Å². The minimum Gasteiger partial charge on any atom is -0.478 e. The van der Waals surface area contributed by atoms with Crippen LogP contribution in [0.25, 0.3) is 0 Å². The maximum absolute atomic E-state index is 13.6. The number of hydrogen-bond acceptors (Lipinski definition) is 6. The number of alkyl halides is 3. The highest BCUT2D eigenvalue weighted by molar-refractivity contribution is 7.89. The van der Waals surface area contributed by atoms with E-state index in [-0.39, 0.29) is 36.4 Å². The normalized spacial score (nSPS) is 18.0. The minimum atomic E-state index is -4.63. The Balaban J connectivity index is 1.55. The summed E-state index contributed by atoms with van der Waals surface area (Å²) in [6.07, 6.45) is -3.13. The predicted molar refractivity (Wildman–Crippen MR) is 149 cm³/mol. The summed E-state index contributed by atoms with van der Waals surface area (Å²) in [6.45, 7) is 4.19. The number of carboxylic acids is 1. The number of amides is 1. The quantitative estimate of drug-likeness (QED) is 0.318. The number of nitrogens with one attached hydrogen (secondary N) is 2. The Hall–Kier alpha value is -3.97. The first-order valence-corrected chi connectivity index (χ1v) is 14.7. The Morgan fingerprint density at radius 1 is 1.05 bits per heavy atom. The van der Waals surface area contributed by atoms with Crippen molar-refractivity contribution in [3.05, 3.63) is 89.1 Å². The topological polar surface area (TPSA) is 129 Å². The van der Waals surface area contributed by atoms with Crippen molar-refractivity contribution >= 4 is 27.7 Å². The highest BCUT2D eigenvalue weighted by atomic mass is 32.2. The lowest BCUT2D eigenvalue weighted by molar-refractivity contribution is -0.137. The van der Waals surface area contributed by atoms with Crippen LogP contribution in [-0.2, 0) is 27.5 Å². The number of benzene rings is 2. The summed E-state index contributed by atoms with van der Waals surface area (Å²) in [5, 5.41) is 15.0. The number of rotatable bonds is 9. The molecule has 0 spiro atoms. The van der Waals surface area contributed by atoms with Crippen LogP contribution in [0.2, 0.25) is 0 Å². The fourth-order valence-corrected chi connectivity index (χ4v) is 6.31. The zero-order valence-electron chi connectivity index (χ0n) is 22.9. The molecule has 2 heterocycles. The van der Waals surface area contributed by atoms with Gasteiger partial charge in [-0.05, 0) is 66.3 Å². The Morgan fingerprint density at radius 2 is 1.71 bits per heavy atom. The molecule has 1 aromatic heterocycles. The summed E-state index contributed by atoms with van der Waals surface area (Å²) in [4.78, 5) is 28.3. The molecule has 42 heavy (non-hydrogen) atoms. The van der Waals surface area contributed by atoms with Gasteiger partial charge < -0.3 is 15.7 Å². The first-order valence-electron chi connectivity index (χ1n) is 13.3. The van der Waals surface area contributed by atoms with E-state index in [2.05, 4.69) is 29.5 Å². The van der Waals surface area contributed by atoms with Crippen molar-refractivity contribution in [2.24, 2.45) is 0 Å². The molecule has 2 aromatic carbocycles. The average molecular weight is 605 g/mol. The molecule has 1 saturated heterocycles. The predicted octanol–water partition coefficient (Wildman–Crippen LogP) is 4.87. The fourth-order valence-electron chi connectivity index (χ4n) is 4.69. The molecule has 0 radical (unpaired) electrons. The van der Waals surface area contributed by atoms with Crippen LogP contribution in [0.5, 0.6) is 0 Å². The zero-order chi connectivity index (χ0) is 30.7. The van der Waals surface area contributed by atoms with Gasteiger partial charge in [-0.3, -0.25) is 4.79 Å². The van der Waals surface area contributed by atoms with Crippen LogP contribution in [0.15, 0.2) is 71.8 Å². The number of carboxylic acid groups (broad SMARTS) is 1. The van der Waals surface area contributed by atoms with Gasteiger partial charge in [-0.2, -0.15) is 17.5 Å². The van der Waals surface area contributed by atoms with Gasteiger partial charge in [0.05, 0.1) is 16.0 Å². The molecule has 4 rings (SSSR count). The summed E-state index contributed by atoms with van der Waals surface area (Å²) in [5.41, 5.74) is 0.962. The summed E-state index contributed by atoms with van der Waals surface area (Å²) in [5.74, 6) is -1.00. The van der Waals surface area contributed by atoms with E-state index in [4.69, 9.17) is 5.11 Å². The van der Waals surface area contributed by atoms with Gasteiger partial charge in [0, 0.05) is 25.3 Å². The number of carbonyl (C=O) groups is 2. The Labute approximate surface area is 241 Å². The fraction of sp³-hybridized carbons (Fsp3) is 0.345. The third-order valence-corrected chi connectivity index (χ3v) is 9.04. The second-order valence-corrected chi connectivity index (χ2v) is 12.3. The largest absolute Gasteiger partial charge is 0.478 e. The summed E-state index contributed by atoms with van der Waals surface area (Å²) in [6, 6.07) is 12.1. The lowest BCUT2D eigenvalue weighted by Gasteiger charge is -2.38. The molecule has 0 bridgehead atoms. The van der Waals surface area contributed by atoms with Gasteiger partial charge in [-0.1, -0.05) is 38.1 Å². The van der Waals surface area contributed by atoms with Gasteiger partial charge in [0.1, 0.15) is 11.9 Å². The van der Waals surface area contributed by atoms with E-state index in [1.165, 1.54) is 18.3 Å². The molecule has 0 unspecified atom stereocenters. The van der Waals surface area contributed by atoms with Crippen molar-refractivity contribution in [1.29, 1.82) is 0 Å². The van der Waals surface area contributed by atoms with Crippen LogP contribution in [0.4, 0.5) is 19.0 Å². The maximum Gasteiger partial charge on any atom is 0.416 e. The Bertz CT molecular complexity index is 1510. The lowest BCUT2D eigenvalue weighted by Crippen LogP contribution is -2.55. The molecular weight excluding hydrogens is 573 g/mol. The van der Waals surface area contributed by atoms with Gasteiger partial charge in [-0.25, -0.2) is 18.2 Å². The Morgan fingerprint density at radius 3 is 2.26 bits per heavy atom. The van der Waals surface area contributed by atoms with Crippen molar-refractivity contribution in [2.75, 3.05) is 11.9 Å². The van der Waals surface area contributed by atoms with E-state index >= 15 is 0 Å². The molecule has 1 fully saturated rings. The molecule has 3 aromatic rings. The number of anilines is 1. The summed E-state index contributed by atoms with van der Waals surface area (Å²) >= 11 is 0. The molecule has 1 aliphatic heterocycles. The highest BCUT2D eigenvalue weighted by Crippen LogP contribution is 2.32. The number of aromatic nitrogens is 1. The second-order valence-electron chi connectivity index (χ2n) is 10.4. The molecule has 2 atom stereocenters. The van der Waals surface area contributed by atoms with Gasteiger partial charge in [0.25, 0.3) is 0 Å². The molecule has 13 heteroatoms. The lowest BCUT2D eigenvalue weighted by atomic mass is 9.98. The van der Waals surface area contributed by atoms with E-state index in [9.17, 15) is 31.2 Å². The monoisotopic (exact) mass is 604 g/mol. The molecule has 1 aliphatic rings. The molecule has 3 N–H and O–H groups in total. The number of hydrogen-bond donors (Lipinski definition) is 3. The first kappa shape index (κ1) is 31.0. The van der Waals surface area contributed by atoms with Crippen LogP contribution in [0, 0.1) is 0 Å². The standard InChI is InChI=1S/C29H31F3N4O5S/c1-18(2)20-5-3-19(4-6-20)16-34-27(37)25-15-23(35-26-12-7-21(17-33-26)28(38)39)13-14-36(25)42(40,41)24-10-8-22(9-11-24)29(30,31)32/h3-12,17-18,23,25H,13-16H2,1-2H3,(H,33,35)(H,34,37)(H,38,39)/t23-,25-/m1/s1. The molecule has 0 saturated carbocycles. The SMILES string of the molecule is CC(C)c1ccc(CNC(=O)[C@H]2C[C@H](Nc3ccc(C(=O)O)cn3)CCN2S(=O)(=O)c2ccc(C(F)(F)F)cc2)cc1. The van der Waals surface area contributed by atoms with E-state index in [1.54, 1.807) is 0 Å². The Kier molecular flexibility index (Phi) is 9.21. The number of nitrogens with zero attached hydrogens (tertiary/aromatic N) is 2. The van der Waals surface area contributed by atoms with Crippen LogP contribution in [0.1, 0.15) is 59.7 Å². The van der Waals surface area contributed by atoms with Gasteiger partial charge >= 0.3 is 12.1 Å². The van der Waals surface area contributed by atoms with Crippen LogP contribution in [-0.4, -0.2) is 53.3 Å². The van der Waals surface area contributed by atoms with E-state index in [0.717, 1.165) is 27.6 Å². The van der Waals surface area contributed by atoms with Gasteiger partial charge in [0.2, 0.25) is 15.9 Å². The number of pyridine rings is 1. The van der Waals surface area contributed by atoms with E-state index in [1.807, 2.05) is 24.3 Å². The van der Waals surface area contributed by atoms with E-state index in [0.29, 0.717) is 23.9 Å². The number of aromatic carboxylic acids is 1. The molecule has 0 aliphatic carbocycles. The smallest absolute Gasteiger partial charge is 0.416 e. The summed E-state index contributed by atoms with van der Waals surface area (Å²) < 4.78 is 67.3. The third kappa shape index (κ3) is 7.26. The van der Waals surface area contributed by atoms with Crippen LogP contribution in [0.3, 0.4) is 0 Å². The van der Waals surface area contributed by atoms with Crippen LogP contribution >= 0.6 is 0 Å². The number of sulfonamides is 1. The first-order chi connectivity index (χ1) is 19.8. The number of piperidine rings is 1. The minimum absolute atomic E-state index is 0.00307. The van der Waals surface area contributed by atoms with Crippen molar-refractivity contribution in [3.63, 3.8) is 0 Å². The summed E-state index contributed by atoms with van der Waals surface area (Å²) in [7, 11) is -4.33. The molecule has 224 valence electrons. The van der Waals surface area contributed by atoms with E-state index < -0.39 is 45.7 Å². The van der Waals surface area contributed by atoms with Crippen molar-refractivity contribution in [2.45, 2.75) is 62.3 Å². The average Bonchev–Trinajstić information content (AvgIpc) is 2.96. The third-order valence-electron chi connectivity index (χ3n) is 7.12. The highest BCUT2D eigenvalue weighted by Gasteiger charge is 2.41. The van der Waals surface area contributed by atoms with Crippen LogP contribution < -0.4 is 10.6 Å². The second kappa shape index (κ2) is 12.5. The maximum atomic E-state index is 13.6. The zero-order valence-corrected chi connectivity index (χ0v) is 23.7. The molecule has 1 amide bonds. The number of carbonyl (C=O) groups excluding carboxylic acids is 1. The van der Waals surface area contributed by atoms with Gasteiger partial charge in [-0.15, -0.1) is 0 Å². The molecule has 9 nitrogen and oxygen atoms in total.